The Morgan fingerprint density at radius 3 is 1.42 bits per heavy atom. The van der Waals surface area contributed by atoms with Crippen LogP contribution in [0.1, 0.15) is 38.5 Å². The summed E-state index contributed by atoms with van der Waals surface area (Å²) in [4.78, 5) is 29.3. The lowest BCUT2D eigenvalue weighted by molar-refractivity contribution is 0.129. The fourth-order valence-electron chi connectivity index (χ4n) is 5.25. The van der Waals surface area contributed by atoms with E-state index in [-0.39, 0.29) is 11.5 Å². The molecule has 36 heavy (non-hydrogen) atoms. The highest BCUT2D eigenvalue weighted by molar-refractivity contribution is 5.73. The van der Waals surface area contributed by atoms with Crippen LogP contribution >= 0.6 is 0 Å². The van der Waals surface area contributed by atoms with Crippen molar-refractivity contribution in [1.29, 1.82) is 0 Å². The lowest BCUT2D eigenvalue weighted by Gasteiger charge is -2.34. The number of rotatable bonds is 12. The molecule has 1 aliphatic rings. The molecule has 0 N–H and O–H groups in total. The Morgan fingerprint density at radius 1 is 0.528 bits per heavy atom. The molecule has 0 amide bonds. The third-order valence-corrected chi connectivity index (χ3v) is 7.32. The zero-order valence-electron chi connectivity index (χ0n) is 20.9. The number of benzene rings is 2. The molecule has 3 heterocycles. The molecular formula is C28H36N4O4. The van der Waals surface area contributed by atoms with E-state index < -0.39 is 0 Å². The maximum atomic E-state index is 12.1. The largest absolute Gasteiger partial charge is 0.419 e. The average Bonchev–Trinajstić information content (AvgIpc) is 3.39. The van der Waals surface area contributed by atoms with Crippen molar-refractivity contribution in [3.8, 4) is 0 Å². The zero-order chi connectivity index (χ0) is 24.7. The summed E-state index contributed by atoms with van der Waals surface area (Å²) in [6.45, 7) is 8.15. The minimum Gasteiger partial charge on any atom is -0.408 e. The predicted molar refractivity (Wildman–Crippen MR) is 142 cm³/mol. The predicted octanol–water partition coefficient (Wildman–Crippen LogP) is 4.16. The Bertz CT molecular complexity index is 1370. The van der Waals surface area contributed by atoms with Gasteiger partial charge in [-0.2, -0.15) is 0 Å². The highest BCUT2D eigenvalue weighted by Crippen LogP contribution is 2.14. The van der Waals surface area contributed by atoms with Crippen LogP contribution in [-0.4, -0.2) is 58.2 Å². The summed E-state index contributed by atoms with van der Waals surface area (Å²) in [5.41, 5.74) is 3.12. The normalized spacial score (nSPS) is 15.3. The van der Waals surface area contributed by atoms with E-state index in [0.29, 0.717) is 17.7 Å². The summed E-state index contributed by atoms with van der Waals surface area (Å²) in [6.07, 6.45) is 6.57. The summed E-state index contributed by atoms with van der Waals surface area (Å²) >= 11 is 0. The van der Waals surface area contributed by atoms with Crippen molar-refractivity contribution in [2.24, 2.45) is 0 Å². The van der Waals surface area contributed by atoms with Gasteiger partial charge in [-0.25, -0.2) is 9.59 Å². The van der Waals surface area contributed by atoms with Crippen LogP contribution in [-0.2, 0) is 13.1 Å². The first-order valence-corrected chi connectivity index (χ1v) is 13.3. The van der Waals surface area contributed by atoms with Gasteiger partial charge in [0.2, 0.25) is 0 Å². The van der Waals surface area contributed by atoms with Gasteiger partial charge in [0.15, 0.2) is 11.2 Å². The molecule has 0 atom stereocenters. The van der Waals surface area contributed by atoms with Crippen LogP contribution in [0.2, 0.25) is 0 Å². The van der Waals surface area contributed by atoms with Crippen LogP contribution in [0.3, 0.4) is 0 Å². The molecule has 0 radical (unpaired) electrons. The Labute approximate surface area is 210 Å². The number of aromatic nitrogens is 2. The van der Waals surface area contributed by atoms with Crippen molar-refractivity contribution in [2.75, 3.05) is 39.3 Å². The Hall–Kier alpha value is -3.10. The summed E-state index contributed by atoms with van der Waals surface area (Å²) in [5.74, 6) is -0.508. The third kappa shape index (κ3) is 5.82. The molecule has 1 fully saturated rings. The molecule has 0 saturated carbocycles. The molecule has 0 aliphatic carbocycles. The molecule has 192 valence electrons. The number of oxazole rings is 2. The average molecular weight is 493 g/mol. The number of nitrogens with zero attached hydrogens (tertiary/aromatic N) is 4. The highest BCUT2D eigenvalue weighted by atomic mass is 16.4. The first kappa shape index (κ1) is 24.6. The van der Waals surface area contributed by atoms with Crippen molar-refractivity contribution in [1.82, 2.24) is 18.9 Å². The molecule has 4 aromatic rings. The monoisotopic (exact) mass is 492 g/mol. The third-order valence-electron chi connectivity index (χ3n) is 7.32. The van der Waals surface area contributed by atoms with Crippen LogP contribution in [0.25, 0.3) is 22.2 Å². The second-order valence-corrected chi connectivity index (χ2v) is 9.78. The van der Waals surface area contributed by atoms with Crippen molar-refractivity contribution in [3.63, 3.8) is 0 Å². The summed E-state index contributed by atoms with van der Waals surface area (Å²) in [5, 5.41) is 0. The zero-order valence-corrected chi connectivity index (χ0v) is 20.9. The van der Waals surface area contributed by atoms with E-state index in [1.165, 1.54) is 12.8 Å². The number of fused-ring (bicyclic) bond motifs is 2. The Kier molecular flexibility index (Phi) is 8.03. The Balaban J connectivity index is 0.932. The number of unbranched alkanes of at least 4 members (excludes halogenated alkanes) is 4. The fourth-order valence-corrected chi connectivity index (χ4v) is 5.25. The van der Waals surface area contributed by atoms with Gasteiger partial charge in [-0.1, -0.05) is 37.1 Å². The van der Waals surface area contributed by atoms with E-state index in [2.05, 4.69) is 9.80 Å². The second-order valence-electron chi connectivity index (χ2n) is 9.78. The first-order valence-electron chi connectivity index (χ1n) is 13.3. The first-order chi connectivity index (χ1) is 17.7. The van der Waals surface area contributed by atoms with E-state index in [0.717, 1.165) is 82.5 Å². The minimum atomic E-state index is -0.256. The van der Waals surface area contributed by atoms with E-state index in [1.54, 1.807) is 9.13 Å². The maximum Gasteiger partial charge on any atom is 0.419 e. The minimum absolute atomic E-state index is 0.252. The van der Waals surface area contributed by atoms with Gasteiger partial charge in [0.05, 0.1) is 11.0 Å². The van der Waals surface area contributed by atoms with Gasteiger partial charge >= 0.3 is 11.5 Å². The molecule has 1 aliphatic heterocycles. The van der Waals surface area contributed by atoms with E-state index in [4.69, 9.17) is 8.83 Å². The van der Waals surface area contributed by atoms with Gasteiger partial charge in [0.1, 0.15) is 0 Å². The molecule has 8 nitrogen and oxygen atoms in total. The number of hydrogen-bond acceptors (Lipinski definition) is 6. The van der Waals surface area contributed by atoms with Gasteiger partial charge in [-0.3, -0.25) is 9.13 Å². The van der Waals surface area contributed by atoms with Crippen LogP contribution < -0.4 is 11.5 Å². The molecule has 2 aromatic carbocycles. The van der Waals surface area contributed by atoms with E-state index in [1.807, 2.05) is 48.5 Å². The molecule has 0 unspecified atom stereocenters. The molecular weight excluding hydrogens is 456 g/mol. The van der Waals surface area contributed by atoms with Crippen molar-refractivity contribution in [2.45, 2.75) is 51.6 Å². The number of para-hydroxylation sites is 4. The maximum absolute atomic E-state index is 12.1. The summed E-state index contributed by atoms with van der Waals surface area (Å²) < 4.78 is 14.1. The SMILES string of the molecule is O=c1oc2ccccc2n1CCCCCCN1CCN(CCCCn2c(=O)oc3ccccc32)CC1. The van der Waals surface area contributed by atoms with Crippen LogP contribution in [0, 0.1) is 0 Å². The lowest BCUT2D eigenvalue weighted by atomic mass is 10.1. The highest BCUT2D eigenvalue weighted by Gasteiger charge is 2.16. The quantitative estimate of drug-likeness (QED) is 0.277. The van der Waals surface area contributed by atoms with Gasteiger partial charge < -0.3 is 18.6 Å². The molecule has 1 saturated heterocycles. The second kappa shape index (κ2) is 11.8. The number of aryl methyl sites for hydroxylation is 2. The molecule has 0 bridgehead atoms. The molecule has 2 aromatic heterocycles. The molecule has 8 heteroatoms. The van der Waals surface area contributed by atoms with Gasteiger partial charge in [-0.15, -0.1) is 0 Å². The lowest BCUT2D eigenvalue weighted by Crippen LogP contribution is -2.46. The van der Waals surface area contributed by atoms with Crippen molar-refractivity contribution >= 4 is 22.2 Å². The number of piperazine rings is 1. The van der Waals surface area contributed by atoms with Gasteiger partial charge in [-0.05, 0) is 63.0 Å². The van der Waals surface area contributed by atoms with E-state index in [9.17, 15) is 9.59 Å². The van der Waals surface area contributed by atoms with Gasteiger partial charge in [0, 0.05) is 39.3 Å². The fraction of sp³-hybridized carbons (Fsp3) is 0.500. The van der Waals surface area contributed by atoms with Crippen LogP contribution in [0.5, 0.6) is 0 Å². The van der Waals surface area contributed by atoms with Crippen LogP contribution in [0.4, 0.5) is 0 Å². The smallest absolute Gasteiger partial charge is 0.408 e. The Morgan fingerprint density at radius 2 is 0.917 bits per heavy atom. The molecule has 5 rings (SSSR count). The molecule has 0 spiro atoms. The van der Waals surface area contributed by atoms with Crippen molar-refractivity contribution < 1.29 is 8.83 Å². The topological polar surface area (TPSA) is 76.8 Å². The van der Waals surface area contributed by atoms with Crippen molar-refractivity contribution in [3.05, 3.63) is 69.6 Å². The van der Waals surface area contributed by atoms with Gasteiger partial charge in [0.25, 0.3) is 0 Å². The summed E-state index contributed by atoms with van der Waals surface area (Å²) in [7, 11) is 0. The standard InChI is InChI=1S/C28H36N4O4/c33-27-31(23-11-3-5-13-25(23)35-27)17-8-2-1-7-15-29-19-21-30(22-20-29)16-9-10-18-32-24-12-4-6-14-26(24)36-28(32)34/h3-6,11-14H,1-2,7-10,15-22H2. The van der Waals surface area contributed by atoms with E-state index >= 15 is 0 Å². The summed E-state index contributed by atoms with van der Waals surface area (Å²) in [6, 6.07) is 15.3. The number of hydrogen-bond donors (Lipinski definition) is 0. The van der Waals surface area contributed by atoms with Crippen LogP contribution in [0.15, 0.2) is 67.0 Å².